The van der Waals surface area contributed by atoms with E-state index in [1.807, 2.05) is 6.07 Å². The number of anilines is 1. The van der Waals surface area contributed by atoms with Crippen molar-refractivity contribution >= 4 is 17.2 Å². The molecule has 150 valence electrons. The van der Waals surface area contributed by atoms with E-state index in [0.717, 1.165) is 0 Å². The molecule has 10 nitrogen and oxygen atoms in total. The Balaban J connectivity index is 1.88. The zero-order chi connectivity index (χ0) is 20.6. The molecular formula is C18H23N5O5. The Morgan fingerprint density at radius 2 is 2.18 bits per heavy atom. The van der Waals surface area contributed by atoms with E-state index in [2.05, 4.69) is 5.10 Å². The van der Waals surface area contributed by atoms with Gasteiger partial charge in [0.05, 0.1) is 16.9 Å². The Hall–Kier alpha value is -2.71. The predicted molar refractivity (Wildman–Crippen MR) is 97.6 cm³/mol. The van der Waals surface area contributed by atoms with Gasteiger partial charge in [0, 0.05) is 6.20 Å². The molecule has 10 heteroatoms. The second kappa shape index (κ2) is 7.37. The maximum Gasteiger partial charge on any atom is 0.323 e. The molecule has 6 N–H and O–H groups in total. The van der Waals surface area contributed by atoms with Gasteiger partial charge in [-0.25, -0.2) is 4.52 Å². The number of esters is 1. The molecule has 0 unspecified atom stereocenters. The number of aliphatic hydroxyl groups is 2. The van der Waals surface area contributed by atoms with Crippen LogP contribution in [0.2, 0.25) is 0 Å². The Kier molecular flexibility index (Phi) is 5.27. The molecule has 0 saturated carbocycles. The van der Waals surface area contributed by atoms with Gasteiger partial charge in [-0.05, 0) is 24.1 Å². The van der Waals surface area contributed by atoms with E-state index >= 15 is 0 Å². The lowest BCUT2D eigenvalue weighted by Crippen LogP contribution is -2.41. The number of nitrogen functional groups attached to an aromatic ring is 1. The van der Waals surface area contributed by atoms with Crippen LogP contribution in [0.5, 0.6) is 0 Å². The minimum absolute atomic E-state index is 0.130. The highest BCUT2D eigenvalue weighted by Gasteiger charge is 2.57. The topological polar surface area (TPSA) is 169 Å². The summed E-state index contributed by atoms with van der Waals surface area (Å²) in [6, 6.07) is 5.88. The number of aromatic nitrogens is 2. The first kappa shape index (κ1) is 20.0. The summed E-state index contributed by atoms with van der Waals surface area (Å²) >= 11 is 0. The van der Waals surface area contributed by atoms with Crippen LogP contribution in [0, 0.1) is 17.2 Å². The van der Waals surface area contributed by atoms with Gasteiger partial charge in [-0.2, -0.15) is 10.4 Å². The fourth-order valence-corrected chi connectivity index (χ4v) is 3.17. The number of nitrogens with two attached hydrogens (primary N) is 2. The van der Waals surface area contributed by atoms with Crippen molar-refractivity contribution < 1.29 is 24.5 Å². The van der Waals surface area contributed by atoms with Crippen molar-refractivity contribution in [3.63, 3.8) is 0 Å². The van der Waals surface area contributed by atoms with Crippen LogP contribution in [0.25, 0.3) is 5.52 Å². The molecule has 2 aromatic rings. The van der Waals surface area contributed by atoms with Gasteiger partial charge in [0.2, 0.25) is 5.60 Å². The fourth-order valence-electron chi connectivity index (χ4n) is 3.17. The first-order valence-electron chi connectivity index (χ1n) is 8.83. The summed E-state index contributed by atoms with van der Waals surface area (Å²) in [6.45, 7) is 3.18. The van der Waals surface area contributed by atoms with Gasteiger partial charge in [-0.3, -0.25) is 4.79 Å². The molecule has 0 aromatic carbocycles. The largest absolute Gasteiger partial charge is 0.462 e. The quantitative estimate of drug-likeness (QED) is 0.482. The highest BCUT2D eigenvalue weighted by Crippen LogP contribution is 2.40. The number of aliphatic hydroxyl groups excluding tert-OH is 2. The van der Waals surface area contributed by atoms with Gasteiger partial charge >= 0.3 is 5.97 Å². The molecule has 0 spiro atoms. The molecular weight excluding hydrogens is 366 g/mol. The van der Waals surface area contributed by atoms with Crippen molar-refractivity contribution in [2.75, 3.05) is 12.3 Å². The van der Waals surface area contributed by atoms with Crippen LogP contribution in [-0.4, -0.2) is 56.8 Å². The Labute approximate surface area is 161 Å². The Morgan fingerprint density at radius 3 is 2.82 bits per heavy atom. The number of ether oxygens (including phenoxy) is 2. The monoisotopic (exact) mass is 389 g/mol. The summed E-state index contributed by atoms with van der Waals surface area (Å²) in [4.78, 5) is 12.0. The third kappa shape index (κ3) is 3.08. The molecule has 1 aliphatic heterocycles. The van der Waals surface area contributed by atoms with Gasteiger partial charge in [-0.1, -0.05) is 13.8 Å². The van der Waals surface area contributed by atoms with Gasteiger partial charge < -0.3 is 31.2 Å². The highest BCUT2D eigenvalue weighted by atomic mass is 16.6. The first-order valence-corrected chi connectivity index (χ1v) is 8.83. The molecule has 0 bridgehead atoms. The average molecular weight is 389 g/mol. The zero-order valence-corrected chi connectivity index (χ0v) is 15.5. The molecule has 0 radical (unpaired) electrons. The van der Waals surface area contributed by atoms with Gasteiger partial charge in [0.25, 0.3) is 0 Å². The summed E-state index contributed by atoms with van der Waals surface area (Å²) in [5, 5.41) is 35.0. The molecule has 3 rings (SSSR count). The van der Waals surface area contributed by atoms with Crippen molar-refractivity contribution in [3.8, 4) is 6.07 Å². The minimum Gasteiger partial charge on any atom is -0.462 e. The van der Waals surface area contributed by atoms with Crippen molar-refractivity contribution in [2.24, 2.45) is 11.7 Å². The van der Waals surface area contributed by atoms with E-state index in [0.29, 0.717) is 11.2 Å². The number of carbonyl (C=O) groups excluding carboxylic acids is 1. The molecule has 1 saturated heterocycles. The zero-order valence-electron chi connectivity index (χ0n) is 15.5. The second-order valence-corrected chi connectivity index (χ2v) is 7.14. The molecule has 28 heavy (non-hydrogen) atoms. The number of fused-ring (bicyclic) bond motifs is 1. The van der Waals surface area contributed by atoms with Crippen LogP contribution >= 0.6 is 0 Å². The lowest BCUT2D eigenvalue weighted by molar-refractivity contribution is -0.153. The number of nitrogens with zero attached hydrogens (tertiary/aromatic N) is 3. The van der Waals surface area contributed by atoms with E-state index in [4.69, 9.17) is 20.9 Å². The summed E-state index contributed by atoms with van der Waals surface area (Å²) < 4.78 is 12.2. The first-order chi connectivity index (χ1) is 13.2. The van der Waals surface area contributed by atoms with Crippen LogP contribution in [-0.2, 0) is 19.9 Å². The lowest BCUT2D eigenvalue weighted by Gasteiger charge is -2.24. The van der Waals surface area contributed by atoms with Crippen LogP contribution in [0.4, 0.5) is 5.69 Å². The number of hydrogen-bond donors (Lipinski definition) is 4. The summed E-state index contributed by atoms with van der Waals surface area (Å²) in [5.74, 6) is -0.786. The number of hydrogen-bond acceptors (Lipinski definition) is 9. The second-order valence-electron chi connectivity index (χ2n) is 7.14. The Morgan fingerprint density at radius 1 is 1.46 bits per heavy atom. The van der Waals surface area contributed by atoms with Crippen molar-refractivity contribution in [3.05, 3.63) is 30.1 Å². The molecule has 0 amide bonds. The molecule has 2 aromatic heterocycles. The normalized spacial score (nSPS) is 28.4. The number of nitriles is 1. The fraction of sp³-hybridized carbons (Fsp3) is 0.500. The maximum atomic E-state index is 12.0. The predicted octanol–water partition coefficient (Wildman–Crippen LogP) is -0.718. The average Bonchev–Trinajstić information content (AvgIpc) is 3.21. The molecule has 1 aliphatic rings. The van der Waals surface area contributed by atoms with E-state index in [1.165, 1.54) is 10.7 Å². The smallest absolute Gasteiger partial charge is 0.323 e. The van der Waals surface area contributed by atoms with E-state index < -0.39 is 35.9 Å². The molecule has 5 atom stereocenters. The van der Waals surface area contributed by atoms with Gasteiger partial charge in [-0.15, -0.1) is 0 Å². The lowest BCUT2D eigenvalue weighted by atomic mass is 9.92. The maximum absolute atomic E-state index is 12.0. The molecule has 1 fully saturated rings. The summed E-state index contributed by atoms with van der Waals surface area (Å²) in [6.07, 6.45) is -2.73. The van der Waals surface area contributed by atoms with Crippen LogP contribution in [0.3, 0.4) is 0 Å². The van der Waals surface area contributed by atoms with Gasteiger partial charge in [0.15, 0.2) is 0 Å². The van der Waals surface area contributed by atoms with Crippen LogP contribution in [0.1, 0.15) is 19.5 Å². The van der Waals surface area contributed by atoms with Crippen molar-refractivity contribution in [1.82, 2.24) is 9.61 Å². The van der Waals surface area contributed by atoms with E-state index in [1.54, 1.807) is 32.0 Å². The standard InChI is InChI=1S/C18H23N5O5/c1-9(2)14(21)17(26)27-7-12-15(24)16(25)18(8-19,28-12)13-4-3-11-10(20)5-6-22-23(11)13/h3-6,9,12,14-16,24-25H,7,20-21H2,1-2H3/t12-,14+,15-,16-,18+/m1/s1. The SMILES string of the molecule is CC(C)[C@H](N)C(=O)OC[C@H]1O[C@@](C#N)(c2ccc3c(N)ccnn23)[C@H](O)[C@@H]1O. The minimum atomic E-state index is -1.91. The Bertz CT molecular complexity index is 923. The van der Waals surface area contributed by atoms with E-state index in [-0.39, 0.29) is 18.2 Å². The van der Waals surface area contributed by atoms with Crippen molar-refractivity contribution in [1.29, 1.82) is 5.26 Å². The number of rotatable bonds is 5. The number of carbonyl (C=O) groups is 1. The van der Waals surface area contributed by atoms with Gasteiger partial charge in [0.1, 0.15) is 37.0 Å². The highest BCUT2D eigenvalue weighted by molar-refractivity contribution is 5.75. The van der Waals surface area contributed by atoms with Crippen LogP contribution < -0.4 is 11.5 Å². The molecule has 3 heterocycles. The van der Waals surface area contributed by atoms with E-state index in [9.17, 15) is 20.3 Å². The van der Waals surface area contributed by atoms with Crippen molar-refractivity contribution in [2.45, 2.75) is 43.8 Å². The summed E-state index contributed by atoms with van der Waals surface area (Å²) in [7, 11) is 0. The molecule has 0 aliphatic carbocycles. The third-order valence-corrected chi connectivity index (χ3v) is 4.97. The third-order valence-electron chi connectivity index (χ3n) is 4.97. The van der Waals surface area contributed by atoms with Crippen LogP contribution in [0.15, 0.2) is 24.4 Å². The summed E-state index contributed by atoms with van der Waals surface area (Å²) in [5.41, 5.74) is 10.9.